The third kappa shape index (κ3) is 3.15. The molecule has 0 aliphatic carbocycles. The van der Waals surface area contributed by atoms with Gasteiger partial charge in [-0.15, -0.1) is 0 Å². The van der Waals surface area contributed by atoms with E-state index in [9.17, 15) is 4.79 Å². The van der Waals surface area contributed by atoms with Crippen LogP contribution in [0.2, 0.25) is 0 Å². The van der Waals surface area contributed by atoms with Gasteiger partial charge in [-0.1, -0.05) is 19.0 Å². The highest BCUT2D eigenvalue weighted by atomic mass is 16.5. The summed E-state index contributed by atoms with van der Waals surface area (Å²) >= 11 is 0. The van der Waals surface area contributed by atoms with Crippen LogP contribution in [-0.2, 0) is 4.79 Å². The normalized spacial score (nSPS) is 20.8. The zero-order chi connectivity index (χ0) is 13.8. The molecule has 2 heterocycles. The molecule has 1 amide bonds. The van der Waals surface area contributed by atoms with E-state index >= 15 is 0 Å². The minimum absolute atomic E-state index is 0.00423. The summed E-state index contributed by atoms with van der Waals surface area (Å²) in [5.74, 6) is 1.03. The molecule has 0 aromatic carbocycles. The second kappa shape index (κ2) is 6.19. The van der Waals surface area contributed by atoms with Gasteiger partial charge in [0.2, 0.25) is 5.91 Å². The molecule has 1 aliphatic heterocycles. The van der Waals surface area contributed by atoms with E-state index in [0.29, 0.717) is 0 Å². The third-order valence-corrected chi connectivity index (χ3v) is 3.63. The van der Waals surface area contributed by atoms with Gasteiger partial charge in [-0.05, 0) is 26.3 Å². The first-order chi connectivity index (χ1) is 9.13. The molecular weight excluding hydrogens is 242 g/mol. The van der Waals surface area contributed by atoms with Crippen LogP contribution in [0.4, 0.5) is 0 Å². The number of hydrogen-bond donors (Lipinski definition) is 1. The van der Waals surface area contributed by atoms with E-state index in [1.807, 2.05) is 31.7 Å². The summed E-state index contributed by atoms with van der Waals surface area (Å²) < 4.78 is 5.33. The summed E-state index contributed by atoms with van der Waals surface area (Å²) in [4.78, 5) is 14.4. The van der Waals surface area contributed by atoms with Gasteiger partial charge in [0.1, 0.15) is 0 Å². The Bertz CT molecular complexity index is 430. The van der Waals surface area contributed by atoms with Crippen LogP contribution in [0.1, 0.15) is 44.2 Å². The van der Waals surface area contributed by atoms with Crippen molar-refractivity contribution >= 4 is 5.91 Å². The van der Waals surface area contributed by atoms with Crippen molar-refractivity contribution in [2.24, 2.45) is 5.92 Å². The Kier molecular flexibility index (Phi) is 4.58. The van der Waals surface area contributed by atoms with Crippen LogP contribution in [0.25, 0.3) is 0 Å². The van der Waals surface area contributed by atoms with Gasteiger partial charge in [-0.2, -0.15) is 0 Å². The van der Waals surface area contributed by atoms with Crippen LogP contribution < -0.4 is 5.32 Å². The van der Waals surface area contributed by atoms with E-state index in [2.05, 4.69) is 10.5 Å². The number of carbonyl (C=O) groups excluding carboxylic acids is 1. The lowest BCUT2D eigenvalue weighted by atomic mass is 10.1. The summed E-state index contributed by atoms with van der Waals surface area (Å²) in [5.41, 5.74) is 0.870. The maximum atomic E-state index is 12.5. The van der Waals surface area contributed by atoms with Crippen molar-refractivity contribution in [1.82, 2.24) is 15.4 Å². The van der Waals surface area contributed by atoms with Crippen LogP contribution in [0.5, 0.6) is 0 Å². The molecule has 2 atom stereocenters. The summed E-state index contributed by atoms with van der Waals surface area (Å²) in [6.07, 6.45) is 2.00. The topological polar surface area (TPSA) is 58.4 Å². The highest BCUT2D eigenvalue weighted by molar-refractivity contribution is 5.79. The van der Waals surface area contributed by atoms with Gasteiger partial charge in [-0.25, -0.2) is 0 Å². The molecule has 19 heavy (non-hydrogen) atoms. The predicted octanol–water partition coefficient (Wildman–Crippen LogP) is 1.89. The van der Waals surface area contributed by atoms with E-state index in [1.54, 1.807) is 0 Å². The minimum Gasteiger partial charge on any atom is -0.359 e. The zero-order valence-electron chi connectivity index (χ0n) is 12.0. The Morgan fingerprint density at radius 3 is 3.11 bits per heavy atom. The van der Waals surface area contributed by atoms with Gasteiger partial charge in [-0.3, -0.25) is 4.79 Å². The van der Waals surface area contributed by atoms with Crippen molar-refractivity contribution in [3.8, 4) is 0 Å². The van der Waals surface area contributed by atoms with Crippen molar-refractivity contribution < 1.29 is 9.32 Å². The number of aromatic nitrogens is 1. The molecule has 1 N–H and O–H groups in total. The molecule has 1 aromatic rings. The first kappa shape index (κ1) is 14.1. The van der Waals surface area contributed by atoms with Crippen molar-refractivity contribution in [2.45, 2.75) is 39.7 Å². The molecule has 1 aromatic heterocycles. The Hall–Kier alpha value is -1.36. The Morgan fingerprint density at radius 2 is 2.47 bits per heavy atom. The standard InChI is InChI=1S/C14H23N3O2/c1-4-15-9-10(2)14(18)17-7-5-6-12(17)13-8-11(3)16-19-13/h8,10,12,15H,4-7,9H2,1-3H3. The van der Waals surface area contributed by atoms with Crippen LogP contribution in [0, 0.1) is 12.8 Å². The molecule has 5 heteroatoms. The molecule has 0 bridgehead atoms. The molecule has 1 fully saturated rings. The second-order valence-corrected chi connectivity index (χ2v) is 5.27. The number of aryl methyl sites for hydroxylation is 1. The number of carbonyl (C=O) groups is 1. The fourth-order valence-corrected chi connectivity index (χ4v) is 2.60. The second-order valence-electron chi connectivity index (χ2n) is 5.27. The average Bonchev–Trinajstić information content (AvgIpc) is 3.03. The van der Waals surface area contributed by atoms with Crippen LogP contribution in [-0.4, -0.2) is 35.6 Å². The molecule has 5 nitrogen and oxygen atoms in total. The summed E-state index contributed by atoms with van der Waals surface area (Å²) in [7, 11) is 0. The molecule has 0 radical (unpaired) electrons. The van der Waals surface area contributed by atoms with Gasteiger partial charge in [0.25, 0.3) is 0 Å². The van der Waals surface area contributed by atoms with Crippen molar-refractivity contribution in [1.29, 1.82) is 0 Å². The number of rotatable bonds is 5. The van der Waals surface area contributed by atoms with E-state index in [-0.39, 0.29) is 17.9 Å². The smallest absolute Gasteiger partial charge is 0.227 e. The summed E-state index contributed by atoms with van der Waals surface area (Å²) in [6.45, 7) is 8.37. The zero-order valence-corrected chi connectivity index (χ0v) is 12.0. The monoisotopic (exact) mass is 265 g/mol. The number of nitrogens with zero attached hydrogens (tertiary/aromatic N) is 2. The SMILES string of the molecule is CCNCC(C)C(=O)N1CCCC1c1cc(C)no1. The largest absolute Gasteiger partial charge is 0.359 e. The number of hydrogen-bond acceptors (Lipinski definition) is 4. The molecular formula is C14H23N3O2. The molecule has 106 valence electrons. The fraction of sp³-hybridized carbons (Fsp3) is 0.714. The number of likely N-dealkylation sites (tertiary alicyclic amines) is 1. The fourth-order valence-electron chi connectivity index (χ4n) is 2.60. The molecule has 0 saturated carbocycles. The summed E-state index contributed by atoms with van der Waals surface area (Å²) in [5, 5.41) is 7.15. The Balaban J connectivity index is 2.04. The number of nitrogens with one attached hydrogen (secondary N) is 1. The lowest BCUT2D eigenvalue weighted by Gasteiger charge is -2.26. The van der Waals surface area contributed by atoms with Crippen LogP contribution in [0.15, 0.2) is 10.6 Å². The summed E-state index contributed by atoms with van der Waals surface area (Å²) in [6, 6.07) is 2.00. The van der Waals surface area contributed by atoms with Crippen molar-refractivity contribution in [3.63, 3.8) is 0 Å². The highest BCUT2D eigenvalue weighted by Crippen LogP contribution is 2.33. The highest BCUT2D eigenvalue weighted by Gasteiger charge is 2.34. The van der Waals surface area contributed by atoms with Gasteiger partial charge >= 0.3 is 0 Å². The lowest BCUT2D eigenvalue weighted by molar-refractivity contribution is -0.136. The van der Waals surface area contributed by atoms with Crippen molar-refractivity contribution in [3.05, 3.63) is 17.5 Å². The minimum atomic E-state index is 0.00423. The quantitative estimate of drug-likeness (QED) is 0.883. The first-order valence-corrected chi connectivity index (χ1v) is 7.08. The van der Waals surface area contributed by atoms with E-state index in [4.69, 9.17) is 4.52 Å². The van der Waals surface area contributed by atoms with Gasteiger partial charge in [0.15, 0.2) is 5.76 Å². The van der Waals surface area contributed by atoms with Gasteiger partial charge < -0.3 is 14.7 Å². The Morgan fingerprint density at radius 1 is 1.68 bits per heavy atom. The molecule has 2 unspecified atom stereocenters. The van der Waals surface area contributed by atoms with Gasteiger partial charge in [0, 0.05) is 25.1 Å². The molecule has 1 saturated heterocycles. The molecule has 2 rings (SSSR count). The van der Waals surface area contributed by atoms with Crippen molar-refractivity contribution in [2.75, 3.05) is 19.6 Å². The average molecular weight is 265 g/mol. The Labute approximate surface area is 114 Å². The predicted molar refractivity (Wildman–Crippen MR) is 72.6 cm³/mol. The number of amides is 1. The molecule has 0 spiro atoms. The van der Waals surface area contributed by atoms with Gasteiger partial charge in [0.05, 0.1) is 11.7 Å². The maximum absolute atomic E-state index is 12.5. The van der Waals surface area contributed by atoms with Crippen LogP contribution in [0.3, 0.4) is 0 Å². The molecule has 1 aliphatic rings. The third-order valence-electron chi connectivity index (χ3n) is 3.63. The van der Waals surface area contributed by atoms with E-state index < -0.39 is 0 Å². The van der Waals surface area contributed by atoms with Crippen LogP contribution >= 0.6 is 0 Å². The van der Waals surface area contributed by atoms with E-state index in [1.165, 1.54) is 0 Å². The van der Waals surface area contributed by atoms with E-state index in [0.717, 1.165) is 43.9 Å². The lowest BCUT2D eigenvalue weighted by Crippen LogP contribution is -2.38. The maximum Gasteiger partial charge on any atom is 0.227 e. The first-order valence-electron chi connectivity index (χ1n) is 7.08.